The molecule has 3 heterocycles. The molecule has 10 heteroatoms. The third-order valence-electron chi connectivity index (χ3n) is 3.85. The molecular weight excluding hydrogens is 396 g/mol. The molecule has 0 aromatic carbocycles. The lowest BCUT2D eigenvalue weighted by molar-refractivity contribution is -0.119. The predicted molar refractivity (Wildman–Crippen MR) is 107 cm³/mol. The summed E-state index contributed by atoms with van der Waals surface area (Å²) >= 11 is 1.06. The summed E-state index contributed by atoms with van der Waals surface area (Å²) in [5, 5.41) is 9.92. The van der Waals surface area contributed by atoms with E-state index in [1.807, 2.05) is 13.8 Å². The number of carbonyl (C=O) groups excluding carboxylic acids is 3. The van der Waals surface area contributed by atoms with Crippen LogP contribution in [0.4, 0.5) is 10.8 Å². The maximum Gasteiger partial charge on any atom is 0.349 e. The van der Waals surface area contributed by atoms with E-state index in [1.54, 1.807) is 36.0 Å². The molecule has 0 radical (unpaired) electrons. The molecule has 2 amide bonds. The van der Waals surface area contributed by atoms with Gasteiger partial charge < -0.3 is 19.8 Å². The van der Waals surface area contributed by atoms with Crippen molar-refractivity contribution in [2.45, 2.75) is 26.8 Å². The molecule has 0 atom stereocenters. The van der Waals surface area contributed by atoms with E-state index in [9.17, 15) is 14.4 Å². The maximum atomic E-state index is 12.3. The lowest BCUT2D eigenvalue weighted by Gasteiger charge is -2.11. The summed E-state index contributed by atoms with van der Waals surface area (Å²) in [7, 11) is 0. The fourth-order valence-electron chi connectivity index (χ4n) is 2.53. The molecule has 0 aliphatic rings. The standard InChI is InChI=1S/C19H20N4O5S/c1-11(2)23-14(6-7-20-23)21-15(24)10-28-19(26)17-12(3)9-16(29-17)22-18(25)13-5-4-8-27-13/h4-9,11H,10H2,1-3H3,(H,21,24)(H,22,25). The van der Waals surface area contributed by atoms with Gasteiger partial charge >= 0.3 is 5.97 Å². The van der Waals surface area contributed by atoms with Crippen LogP contribution in [0.3, 0.4) is 0 Å². The molecule has 2 N–H and O–H groups in total. The molecule has 0 unspecified atom stereocenters. The average Bonchev–Trinajstić information content (AvgIpc) is 3.40. The zero-order valence-corrected chi connectivity index (χ0v) is 16.9. The molecule has 0 saturated heterocycles. The SMILES string of the molecule is Cc1cc(NC(=O)c2ccco2)sc1C(=O)OCC(=O)Nc1ccnn1C(C)C. The molecule has 0 aliphatic heterocycles. The van der Waals surface area contributed by atoms with Gasteiger partial charge in [-0.3, -0.25) is 9.59 Å². The van der Waals surface area contributed by atoms with Gasteiger partial charge in [0, 0.05) is 12.1 Å². The van der Waals surface area contributed by atoms with E-state index in [4.69, 9.17) is 9.15 Å². The van der Waals surface area contributed by atoms with Crippen LogP contribution in [0.15, 0.2) is 41.1 Å². The largest absolute Gasteiger partial charge is 0.459 e. The average molecular weight is 416 g/mol. The summed E-state index contributed by atoms with van der Waals surface area (Å²) in [6.45, 7) is 5.15. The molecule has 0 saturated carbocycles. The van der Waals surface area contributed by atoms with Crippen molar-refractivity contribution in [1.29, 1.82) is 0 Å². The van der Waals surface area contributed by atoms with E-state index in [0.717, 1.165) is 11.3 Å². The minimum atomic E-state index is -0.640. The van der Waals surface area contributed by atoms with Gasteiger partial charge in [0.05, 0.1) is 17.5 Å². The van der Waals surface area contributed by atoms with Crippen molar-refractivity contribution in [3.8, 4) is 0 Å². The van der Waals surface area contributed by atoms with Crippen LogP contribution in [0.5, 0.6) is 0 Å². The summed E-state index contributed by atoms with van der Waals surface area (Å²) < 4.78 is 11.8. The van der Waals surface area contributed by atoms with E-state index in [2.05, 4.69) is 15.7 Å². The van der Waals surface area contributed by atoms with Crippen LogP contribution in [0, 0.1) is 6.92 Å². The van der Waals surface area contributed by atoms with Crippen molar-refractivity contribution in [2.24, 2.45) is 0 Å². The highest BCUT2D eigenvalue weighted by molar-refractivity contribution is 7.18. The van der Waals surface area contributed by atoms with Gasteiger partial charge in [-0.25, -0.2) is 9.48 Å². The Kier molecular flexibility index (Phi) is 6.13. The molecule has 9 nitrogen and oxygen atoms in total. The van der Waals surface area contributed by atoms with Gasteiger partial charge in [0.1, 0.15) is 10.7 Å². The van der Waals surface area contributed by atoms with E-state index >= 15 is 0 Å². The normalized spacial score (nSPS) is 10.8. The van der Waals surface area contributed by atoms with Gasteiger partial charge in [-0.05, 0) is 44.5 Å². The number of thiophene rings is 1. The zero-order chi connectivity index (χ0) is 21.0. The van der Waals surface area contributed by atoms with Crippen molar-refractivity contribution >= 4 is 39.9 Å². The monoisotopic (exact) mass is 416 g/mol. The number of carbonyl (C=O) groups is 3. The van der Waals surface area contributed by atoms with Crippen molar-refractivity contribution in [3.63, 3.8) is 0 Å². The first-order chi connectivity index (χ1) is 13.8. The van der Waals surface area contributed by atoms with E-state index in [-0.39, 0.29) is 11.8 Å². The Balaban J connectivity index is 1.56. The molecule has 3 rings (SSSR count). The number of furan rings is 1. The number of aromatic nitrogens is 2. The first kappa shape index (κ1) is 20.3. The lowest BCUT2D eigenvalue weighted by atomic mass is 10.3. The van der Waals surface area contributed by atoms with Crippen molar-refractivity contribution < 1.29 is 23.5 Å². The first-order valence-corrected chi connectivity index (χ1v) is 9.62. The number of anilines is 2. The van der Waals surface area contributed by atoms with Crippen LogP contribution in [0.25, 0.3) is 0 Å². The molecule has 3 aromatic heterocycles. The predicted octanol–water partition coefficient (Wildman–Crippen LogP) is 3.47. The summed E-state index contributed by atoms with van der Waals surface area (Å²) in [4.78, 5) is 36.8. The number of hydrogen-bond donors (Lipinski definition) is 2. The molecule has 3 aromatic rings. The molecule has 0 spiro atoms. The second kappa shape index (κ2) is 8.74. The quantitative estimate of drug-likeness (QED) is 0.570. The van der Waals surface area contributed by atoms with Gasteiger partial charge in [-0.15, -0.1) is 11.3 Å². The van der Waals surface area contributed by atoms with Crippen molar-refractivity contribution in [1.82, 2.24) is 9.78 Å². The zero-order valence-electron chi connectivity index (χ0n) is 16.1. The van der Waals surface area contributed by atoms with Gasteiger partial charge in [0.15, 0.2) is 12.4 Å². The first-order valence-electron chi connectivity index (χ1n) is 8.81. The Morgan fingerprint density at radius 3 is 2.76 bits per heavy atom. The lowest BCUT2D eigenvalue weighted by Crippen LogP contribution is -2.23. The van der Waals surface area contributed by atoms with Gasteiger partial charge in [0.2, 0.25) is 0 Å². The molecule has 0 aliphatic carbocycles. The number of nitrogens with zero attached hydrogens (tertiary/aromatic N) is 2. The molecule has 0 fully saturated rings. The number of hydrogen-bond acceptors (Lipinski definition) is 7. The number of rotatable bonds is 7. The van der Waals surface area contributed by atoms with Crippen molar-refractivity contribution in [2.75, 3.05) is 17.2 Å². The summed E-state index contributed by atoms with van der Waals surface area (Å²) in [6.07, 6.45) is 2.98. The Morgan fingerprint density at radius 2 is 2.07 bits per heavy atom. The summed E-state index contributed by atoms with van der Waals surface area (Å²) in [5.74, 6) is -0.842. The van der Waals surface area contributed by atoms with Crippen LogP contribution in [0.2, 0.25) is 0 Å². The van der Waals surface area contributed by atoms with Crippen LogP contribution in [0.1, 0.15) is 45.7 Å². The second-order valence-electron chi connectivity index (χ2n) is 6.43. The highest BCUT2D eigenvalue weighted by atomic mass is 32.1. The number of aryl methyl sites for hydroxylation is 1. The Morgan fingerprint density at radius 1 is 1.28 bits per heavy atom. The molecule has 0 bridgehead atoms. The highest BCUT2D eigenvalue weighted by Gasteiger charge is 2.19. The van der Waals surface area contributed by atoms with Gasteiger partial charge in [0.25, 0.3) is 11.8 Å². The fraction of sp³-hybridized carbons (Fsp3) is 0.263. The van der Waals surface area contributed by atoms with E-state index < -0.39 is 24.4 Å². The third-order valence-corrected chi connectivity index (χ3v) is 4.98. The molecule has 152 valence electrons. The van der Waals surface area contributed by atoms with Gasteiger partial charge in [-0.2, -0.15) is 5.10 Å². The van der Waals surface area contributed by atoms with E-state index in [1.165, 1.54) is 12.3 Å². The van der Waals surface area contributed by atoms with Crippen LogP contribution >= 0.6 is 11.3 Å². The summed E-state index contributed by atoms with van der Waals surface area (Å²) in [5.41, 5.74) is 0.632. The Labute approximate surface area is 170 Å². The number of amides is 2. The smallest absolute Gasteiger partial charge is 0.349 e. The minimum Gasteiger partial charge on any atom is -0.459 e. The van der Waals surface area contributed by atoms with Gasteiger partial charge in [-0.1, -0.05) is 0 Å². The third kappa shape index (κ3) is 4.91. The fourth-order valence-corrected chi connectivity index (χ4v) is 3.49. The highest BCUT2D eigenvalue weighted by Crippen LogP contribution is 2.28. The number of ether oxygens (including phenoxy) is 1. The Bertz CT molecular complexity index is 1020. The topological polar surface area (TPSA) is 115 Å². The molecular formula is C19H20N4O5S. The minimum absolute atomic E-state index is 0.0754. The Hall–Kier alpha value is -3.40. The van der Waals surface area contributed by atoms with Crippen LogP contribution < -0.4 is 10.6 Å². The van der Waals surface area contributed by atoms with Crippen molar-refractivity contribution in [3.05, 3.63) is 52.9 Å². The maximum absolute atomic E-state index is 12.3. The number of nitrogens with one attached hydrogen (secondary N) is 2. The molecule has 29 heavy (non-hydrogen) atoms. The summed E-state index contributed by atoms with van der Waals surface area (Å²) in [6, 6.07) is 6.54. The van der Waals surface area contributed by atoms with Crippen LogP contribution in [-0.4, -0.2) is 34.2 Å². The number of esters is 1. The second-order valence-corrected chi connectivity index (χ2v) is 7.49. The van der Waals surface area contributed by atoms with Crippen LogP contribution in [-0.2, 0) is 9.53 Å². The van der Waals surface area contributed by atoms with E-state index in [0.29, 0.717) is 21.3 Å².